The van der Waals surface area contributed by atoms with Crippen LogP contribution in [0.4, 0.5) is 0 Å². The van der Waals surface area contributed by atoms with E-state index in [0.29, 0.717) is 0 Å². The van der Waals surface area contributed by atoms with Crippen molar-refractivity contribution >= 4 is 10.9 Å². The molecule has 0 radical (unpaired) electrons. The van der Waals surface area contributed by atoms with Crippen LogP contribution in [0.25, 0.3) is 66.9 Å². The van der Waals surface area contributed by atoms with Gasteiger partial charge in [-0.3, -0.25) is 0 Å². The molecule has 2 heteroatoms. The van der Waals surface area contributed by atoms with Crippen molar-refractivity contribution in [3.05, 3.63) is 228 Å². The highest BCUT2D eigenvalue weighted by molar-refractivity contribution is 6.08. The lowest BCUT2D eigenvalue weighted by atomic mass is 9.67. The van der Waals surface area contributed by atoms with Crippen LogP contribution in [0.2, 0.25) is 0 Å². The van der Waals surface area contributed by atoms with Gasteiger partial charge >= 0.3 is 0 Å². The van der Waals surface area contributed by atoms with Gasteiger partial charge in [0.1, 0.15) is 0 Å². The van der Waals surface area contributed by atoms with Gasteiger partial charge in [-0.15, -0.1) is 0 Å². The summed E-state index contributed by atoms with van der Waals surface area (Å²) in [7, 11) is 0. The molecule has 0 saturated carbocycles. The Hall–Kier alpha value is -6.90. The summed E-state index contributed by atoms with van der Waals surface area (Å²) in [5, 5.41) is 1.11. The maximum Gasteiger partial charge on any atom is 0.160 e. The molecule has 264 valence electrons. The van der Waals surface area contributed by atoms with E-state index in [4.69, 9.17) is 9.97 Å². The highest BCUT2D eigenvalue weighted by atomic mass is 14.9. The van der Waals surface area contributed by atoms with Gasteiger partial charge in [0.25, 0.3) is 0 Å². The molecule has 11 rings (SSSR count). The minimum atomic E-state index is -0.457. The SMILES string of the molecule is CC1(C)c2ccccc2-c2c1ccc1nc(-c3cccc(-c4cccc(C5(c6ccccc6)c6ccccc6-c6ccccc65)c4)c3)nc(-c3ccccc3)c21. The van der Waals surface area contributed by atoms with Crippen LogP contribution in [0.1, 0.15) is 47.2 Å². The van der Waals surface area contributed by atoms with E-state index in [1.54, 1.807) is 0 Å². The van der Waals surface area contributed by atoms with E-state index in [9.17, 15) is 0 Å². The van der Waals surface area contributed by atoms with Crippen molar-refractivity contribution in [3.63, 3.8) is 0 Å². The van der Waals surface area contributed by atoms with Crippen molar-refractivity contribution in [1.82, 2.24) is 9.97 Å². The number of fused-ring (bicyclic) bond motifs is 8. The number of nitrogens with zero attached hydrogens (tertiary/aromatic N) is 2. The molecule has 0 N–H and O–H groups in total. The summed E-state index contributed by atoms with van der Waals surface area (Å²) in [6.45, 7) is 4.65. The molecule has 0 unspecified atom stereocenters. The largest absolute Gasteiger partial charge is 0.228 e. The molecule has 1 heterocycles. The first-order valence-electron chi connectivity index (χ1n) is 19.5. The highest BCUT2D eigenvalue weighted by Crippen LogP contribution is 2.56. The molecule has 0 spiro atoms. The third kappa shape index (κ3) is 4.63. The lowest BCUT2D eigenvalue weighted by molar-refractivity contribution is 0.661. The van der Waals surface area contributed by atoms with Crippen molar-refractivity contribution in [3.8, 4) is 56.0 Å². The molecular formula is C54H38N2. The lowest BCUT2D eigenvalue weighted by Crippen LogP contribution is -2.28. The highest BCUT2D eigenvalue weighted by Gasteiger charge is 2.46. The second kappa shape index (κ2) is 12.3. The zero-order chi connectivity index (χ0) is 37.4. The summed E-state index contributed by atoms with van der Waals surface area (Å²) in [5.41, 5.74) is 18.6. The first-order valence-corrected chi connectivity index (χ1v) is 19.5. The molecular weight excluding hydrogens is 677 g/mol. The van der Waals surface area contributed by atoms with Gasteiger partial charge < -0.3 is 0 Å². The number of rotatable bonds is 5. The van der Waals surface area contributed by atoms with Crippen molar-refractivity contribution in [2.24, 2.45) is 0 Å². The molecule has 2 aliphatic carbocycles. The molecule has 0 bridgehead atoms. The number of aromatic nitrogens is 2. The summed E-state index contributed by atoms with van der Waals surface area (Å²) in [6.07, 6.45) is 0. The Bertz CT molecular complexity index is 2950. The summed E-state index contributed by atoms with van der Waals surface area (Å²) < 4.78 is 0. The zero-order valence-electron chi connectivity index (χ0n) is 31.4. The first-order chi connectivity index (χ1) is 27.5. The van der Waals surface area contributed by atoms with Crippen molar-refractivity contribution in [2.75, 3.05) is 0 Å². The fraction of sp³-hybridized carbons (Fsp3) is 0.0741. The van der Waals surface area contributed by atoms with E-state index in [2.05, 4.69) is 208 Å². The zero-order valence-corrected chi connectivity index (χ0v) is 31.4. The number of hydrogen-bond acceptors (Lipinski definition) is 2. The van der Waals surface area contributed by atoms with E-state index >= 15 is 0 Å². The average Bonchev–Trinajstić information content (AvgIpc) is 3.70. The lowest BCUT2D eigenvalue weighted by Gasteiger charge is -2.34. The molecule has 0 fully saturated rings. The number of benzene rings is 8. The molecule has 2 aliphatic rings. The van der Waals surface area contributed by atoms with Crippen LogP contribution in [0.3, 0.4) is 0 Å². The summed E-state index contributed by atoms with van der Waals surface area (Å²) >= 11 is 0. The Balaban J connectivity index is 1.09. The first kappa shape index (κ1) is 32.5. The van der Waals surface area contributed by atoms with Gasteiger partial charge in [-0.05, 0) is 85.0 Å². The third-order valence-electron chi connectivity index (χ3n) is 12.4. The second-order valence-corrected chi connectivity index (χ2v) is 15.7. The molecule has 56 heavy (non-hydrogen) atoms. The Morgan fingerprint density at radius 1 is 0.375 bits per heavy atom. The molecule has 0 amide bonds. The smallest absolute Gasteiger partial charge is 0.160 e. The van der Waals surface area contributed by atoms with E-state index in [0.717, 1.165) is 44.7 Å². The summed E-state index contributed by atoms with van der Waals surface area (Å²) in [5.74, 6) is 0.722. The van der Waals surface area contributed by atoms with Gasteiger partial charge in [-0.1, -0.05) is 190 Å². The number of hydrogen-bond donors (Lipinski definition) is 0. The predicted molar refractivity (Wildman–Crippen MR) is 231 cm³/mol. The maximum absolute atomic E-state index is 5.44. The van der Waals surface area contributed by atoms with Gasteiger partial charge in [0, 0.05) is 21.9 Å². The molecule has 2 nitrogen and oxygen atoms in total. The Morgan fingerprint density at radius 3 is 1.62 bits per heavy atom. The van der Waals surface area contributed by atoms with Gasteiger partial charge in [0.15, 0.2) is 5.82 Å². The predicted octanol–water partition coefficient (Wildman–Crippen LogP) is 13.3. The monoisotopic (exact) mass is 714 g/mol. The van der Waals surface area contributed by atoms with Gasteiger partial charge in [-0.2, -0.15) is 0 Å². The Kier molecular flexibility index (Phi) is 7.15. The minimum Gasteiger partial charge on any atom is -0.228 e. The fourth-order valence-electron chi connectivity index (χ4n) is 9.83. The molecule has 9 aromatic rings. The van der Waals surface area contributed by atoms with Crippen LogP contribution in [-0.4, -0.2) is 9.97 Å². The van der Waals surface area contributed by atoms with Crippen LogP contribution < -0.4 is 0 Å². The summed E-state index contributed by atoms with van der Waals surface area (Å²) in [4.78, 5) is 10.8. The maximum atomic E-state index is 5.44. The van der Waals surface area contributed by atoms with E-state index in [1.807, 2.05) is 0 Å². The fourth-order valence-corrected chi connectivity index (χ4v) is 9.83. The Labute approximate surface area is 327 Å². The van der Waals surface area contributed by atoms with Gasteiger partial charge in [0.05, 0.1) is 16.6 Å². The van der Waals surface area contributed by atoms with Crippen molar-refractivity contribution in [1.29, 1.82) is 0 Å². The quantitative estimate of drug-likeness (QED) is 0.177. The molecule has 8 aromatic carbocycles. The molecule has 1 aromatic heterocycles. The second-order valence-electron chi connectivity index (χ2n) is 15.7. The van der Waals surface area contributed by atoms with Crippen LogP contribution in [0, 0.1) is 0 Å². The average molecular weight is 715 g/mol. The van der Waals surface area contributed by atoms with Crippen LogP contribution in [0.15, 0.2) is 194 Å². The van der Waals surface area contributed by atoms with Crippen LogP contribution in [-0.2, 0) is 10.8 Å². The Morgan fingerprint density at radius 2 is 0.911 bits per heavy atom. The standard InChI is InChI=1S/C54H38N2/c1-53(2)44-28-12-11-27-43(44)49-47(53)31-32-48-50(49)51(35-17-5-3-6-18-35)56-52(55-48)38-21-15-19-36(33-38)37-20-16-24-40(34-37)54(39-22-7-4-8-23-39)45-29-13-9-25-41(45)42-26-10-14-30-46(42)54/h3-34H,1-2H3. The van der Waals surface area contributed by atoms with Gasteiger partial charge in [-0.25, -0.2) is 9.97 Å². The molecule has 0 aliphatic heterocycles. The van der Waals surface area contributed by atoms with E-state index in [-0.39, 0.29) is 5.41 Å². The summed E-state index contributed by atoms with van der Waals surface area (Å²) in [6, 6.07) is 70.6. The van der Waals surface area contributed by atoms with Crippen molar-refractivity contribution < 1.29 is 0 Å². The van der Waals surface area contributed by atoms with Gasteiger partial charge in [0.2, 0.25) is 0 Å². The molecule has 0 atom stereocenters. The van der Waals surface area contributed by atoms with Crippen LogP contribution in [0.5, 0.6) is 0 Å². The van der Waals surface area contributed by atoms with E-state index in [1.165, 1.54) is 55.6 Å². The topological polar surface area (TPSA) is 25.8 Å². The molecule has 0 saturated heterocycles. The van der Waals surface area contributed by atoms with Crippen LogP contribution >= 0.6 is 0 Å². The van der Waals surface area contributed by atoms with Crippen molar-refractivity contribution in [2.45, 2.75) is 24.7 Å². The minimum absolute atomic E-state index is 0.114. The van der Waals surface area contributed by atoms with E-state index < -0.39 is 5.41 Å². The normalized spacial score (nSPS) is 14.2. The third-order valence-corrected chi connectivity index (χ3v) is 12.4.